The summed E-state index contributed by atoms with van der Waals surface area (Å²) >= 11 is 0. The molecular formula is C11H21N. The van der Waals surface area contributed by atoms with Crippen LogP contribution in [0.1, 0.15) is 47.0 Å². The fraction of sp³-hybridized carbons (Fsp3) is 0.909. The Kier molecular flexibility index (Phi) is 2.33. The predicted octanol–water partition coefficient (Wildman–Crippen LogP) is 3.29. The van der Waals surface area contributed by atoms with E-state index in [-0.39, 0.29) is 5.54 Å². The molecule has 1 aliphatic rings. The van der Waals surface area contributed by atoms with Crippen LogP contribution < -0.4 is 0 Å². The lowest BCUT2D eigenvalue weighted by molar-refractivity contribution is 0.250. The summed E-state index contributed by atoms with van der Waals surface area (Å²) in [6.07, 6.45) is 3.87. The second-order valence-corrected chi connectivity index (χ2v) is 5.53. The zero-order valence-corrected chi connectivity index (χ0v) is 8.85. The number of hydrogen-bond donors (Lipinski definition) is 0. The van der Waals surface area contributed by atoms with Gasteiger partial charge in [0.05, 0.1) is 5.54 Å². The largest absolute Gasteiger partial charge is 0.294 e. The van der Waals surface area contributed by atoms with E-state index in [1.165, 1.54) is 12.8 Å². The van der Waals surface area contributed by atoms with Gasteiger partial charge in [-0.3, -0.25) is 4.99 Å². The predicted molar refractivity (Wildman–Crippen MR) is 54.8 cm³/mol. The summed E-state index contributed by atoms with van der Waals surface area (Å²) in [5.41, 5.74) is 0.525. The van der Waals surface area contributed by atoms with Gasteiger partial charge in [0.15, 0.2) is 0 Å². The van der Waals surface area contributed by atoms with Crippen LogP contribution in [0.15, 0.2) is 4.99 Å². The Bertz CT molecular complexity index is 174. The molecule has 0 heterocycles. The summed E-state index contributed by atoms with van der Waals surface area (Å²) < 4.78 is 0. The summed E-state index contributed by atoms with van der Waals surface area (Å²) in [7, 11) is 0. The molecule has 0 aromatic rings. The van der Waals surface area contributed by atoms with Crippen molar-refractivity contribution in [1.29, 1.82) is 0 Å². The molecule has 1 rings (SSSR count). The number of rotatable bonds is 3. The number of nitrogens with zero attached hydrogens (tertiary/aromatic N) is 1. The summed E-state index contributed by atoms with van der Waals surface area (Å²) in [4.78, 5) is 4.32. The molecule has 1 saturated carbocycles. The highest BCUT2D eigenvalue weighted by Crippen LogP contribution is 2.46. The van der Waals surface area contributed by atoms with Crippen molar-refractivity contribution in [3.63, 3.8) is 0 Å². The maximum atomic E-state index is 4.32. The molecule has 1 nitrogen and oxygen atoms in total. The van der Waals surface area contributed by atoms with Crippen LogP contribution in [0.2, 0.25) is 0 Å². The maximum Gasteiger partial charge on any atom is 0.0606 e. The third kappa shape index (κ3) is 2.33. The molecule has 12 heavy (non-hydrogen) atoms. The smallest absolute Gasteiger partial charge is 0.0606 e. The lowest BCUT2D eigenvalue weighted by Crippen LogP contribution is -2.30. The van der Waals surface area contributed by atoms with Crippen molar-refractivity contribution in [3.8, 4) is 0 Å². The van der Waals surface area contributed by atoms with Gasteiger partial charge in [0, 0.05) is 0 Å². The van der Waals surface area contributed by atoms with E-state index in [9.17, 15) is 0 Å². The van der Waals surface area contributed by atoms with Crippen LogP contribution in [0.5, 0.6) is 0 Å². The summed E-state index contributed by atoms with van der Waals surface area (Å²) in [5.74, 6) is 0.814. The summed E-state index contributed by atoms with van der Waals surface area (Å²) in [6, 6.07) is 0. The molecule has 0 aromatic heterocycles. The van der Waals surface area contributed by atoms with Crippen molar-refractivity contribution in [2.45, 2.75) is 52.5 Å². The SMILES string of the molecule is C=NC(C)(CC(C)(C)C)C1CC1. The normalized spacial score (nSPS) is 23.3. The first-order valence-electron chi connectivity index (χ1n) is 4.85. The fourth-order valence-electron chi connectivity index (χ4n) is 2.11. The van der Waals surface area contributed by atoms with Gasteiger partial charge in [-0.2, -0.15) is 0 Å². The zero-order valence-electron chi connectivity index (χ0n) is 8.85. The Labute approximate surface area is 76.3 Å². The first-order chi connectivity index (χ1) is 5.37. The highest BCUT2D eigenvalue weighted by molar-refractivity contribution is 5.27. The summed E-state index contributed by atoms with van der Waals surface area (Å²) in [5, 5.41) is 0. The van der Waals surface area contributed by atoms with E-state index < -0.39 is 0 Å². The van der Waals surface area contributed by atoms with Gasteiger partial charge in [0.2, 0.25) is 0 Å². The molecule has 0 spiro atoms. The monoisotopic (exact) mass is 167 g/mol. The highest BCUT2D eigenvalue weighted by atomic mass is 14.9. The second-order valence-electron chi connectivity index (χ2n) is 5.53. The maximum absolute atomic E-state index is 4.32. The van der Waals surface area contributed by atoms with Crippen LogP contribution in [-0.2, 0) is 0 Å². The van der Waals surface area contributed by atoms with E-state index in [1.807, 2.05) is 0 Å². The molecule has 0 aliphatic heterocycles. The molecular weight excluding hydrogens is 146 g/mol. The van der Waals surface area contributed by atoms with Gasteiger partial charge < -0.3 is 0 Å². The molecule has 0 N–H and O–H groups in total. The van der Waals surface area contributed by atoms with Gasteiger partial charge in [-0.15, -0.1) is 0 Å². The van der Waals surface area contributed by atoms with Crippen LogP contribution >= 0.6 is 0 Å². The zero-order chi connectivity index (χ0) is 9.41. The Balaban J connectivity index is 2.60. The van der Waals surface area contributed by atoms with Crippen molar-refractivity contribution < 1.29 is 0 Å². The molecule has 1 fully saturated rings. The lowest BCUT2D eigenvalue weighted by Gasteiger charge is -2.32. The first kappa shape index (κ1) is 9.76. The van der Waals surface area contributed by atoms with Gasteiger partial charge >= 0.3 is 0 Å². The Morgan fingerprint density at radius 1 is 1.25 bits per heavy atom. The quantitative estimate of drug-likeness (QED) is 0.572. The van der Waals surface area contributed by atoms with E-state index >= 15 is 0 Å². The van der Waals surface area contributed by atoms with Gasteiger partial charge in [0.1, 0.15) is 0 Å². The molecule has 0 radical (unpaired) electrons. The van der Waals surface area contributed by atoms with E-state index in [1.54, 1.807) is 0 Å². The third-order valence-electron chi connectivity index (χ3n) is 2.71. The van der Waals surface area contributed by atoms with E-state index in [2.05, 4.69) is 39.4 Å². The summed E-state index contributed by atoms with van der Waals surface area (Å²) in [6.45, 7) is 12.8. The van der Waals surface area contributed by atoms with Crippen molar-refractivity contribution in [1.82, 2.24) is 0 Å². The Hall–Kier alpha value is -0.330. The topological polar surface area (TPSA) is 12.4 Å². The number of hydrogen-bond acceptors (Lipinski definition) is 1. The van der Waals surface area contributed by atoms with E-state index in [4.69, 9.17) is 0 Å². The van der Waals surface area contributed by atoms with Gasteiger partial charge in [-0.25, -0.2) is 0 Å². The van der Waals surface area contributed by atoms with E-state index in [0.29, 0.717) is 5.41 Å². The van der Waals surface area contributed by atoms with E-state index in [0.717, 1.165) is 12.3 Å². The van der Waals surface area contributed by atoms with Crippen LogP contribution in [0.25, 0.3) is 0 Å². The molecule has 1 aliphatic carbocycles. The first-order valence-corrected chi connectivity index (χ1v) is 4.85. The molecule has 0 amide bonds. The van der Waals surface area contributed by atoms with Crippen molar-refractivity contribution in [3.05, 3.63) is 0 Å². The van der Waals surface area contributed by atoms with Crippen molar-refractivity contribution in [2.24, 2.45) is 16.3 Å². The molecule has 70 valence electrons. The molecule has 1 unspecified atom stereocenters. The lowest BCUT2D eigenvalue weighted by atomic mass is 9.78. The van der Waals surface area contributed by atoms with Gasteiger partial charge in [0.25, 0.3) is 0 Å². The van der Waals surface area contributed by atoms with Gasteiger partial charge in [-0.1, -0.05) is 20.8 Å². The highest BCUT2D eigenvalue weighted by Gasteiger charge is 2.42. The minimum Gasteiger partial charge on any atom is -0.294 e. The Morgan fingerprint density at radius 2 is 1.75 bits per heavy atom. The minimum absolute atomic E-state index is 0.151. The van der Waals surface area contributed by atoms with Crippen molar-refractivity contribution >= 4 is 6.72 Å². The third-order valence-corrected chi connectivity index (χ3v) is 2.71. The molecule has 1 heteroatoms. The van der Waals surface area contributed by atoms with Crippen LogP contribution in [-0.4, -0.2) is 12.3 Å². The minimum atomic E-state index is 0.151. The molecule has 0 aromatic carbocycles. The van der Waals surface area contributed by atoms with Crippen molar-refractivity contribution in [2.75, 3.05) is 0 Å². The Morgan fingerprint density at radius 3 is 2.00 bits per heavy atom. The van der Waals surface area contributed by atoms with Gasteiger partial charge in [-0.05, 0) is 44.2 Å². The van der Waals surface area contributed by atoms with Crippen LogP contribution in [0, 0.1) is 11.3 Å². The van der Waals surface area contributed by atoms with Crippen LogP contribution in [0.3, 0.4) is 0 Å². The average molecular weight is 167 g/mol. The standard InChI is InChI=1S/C11H21N/c1-10(2,3)8-11(4,12-5)9-6-7-9/h9H,5-8H2,1-4H3. The van der Waals surface area contributed by atoms with Crippen LogP contribution in [0.4, 0.5) is 0 Å². The molecule has 1 atom stereocenters. The number of aliphatic imine (C=N–C) groups is 1. The average Bonchev–Trinajstić information content (AvgIpc) is 2.64. The molecule has 0 bridgehead atoms. The second kappa shape index (κ2) is 2.86. The molecule has 0 saturated heterocycles. The fourth-order valence-corrected chi connectivity index (χ4v) is 2.11.